The van der Waals surface area contributed by atoms with Crippen LogP contribution in [0.1, 0.15) is 0 Å². The molecule has 3 amide bonds. The van der Waals surface area contributed by atoms with Crippen LogP contribution in [0.5, 0.6) is 0 Å². The average Bonchev–Trinajstić information content (AvgIpc) is 2.27. The lowest BCUT2D eigenvalue weighted by atomic mass is 10.5. The highest BCUT2D eigenvalue weighted by Gasteiger charge is 2.03. The number of hydrogen-bond acceptors (Lipinski definition) is 4. The second-order valence-electron chi connectivity index (χ2n) is 3.17. The van der Waals surface area contributed by atoms with E-state index in [0.29, 0.717) is 26.2 Å². The Morgan fingerprint density at radius 2 is 1.38 bits per heavy atom. The quantitative estimate of drug-likeness (QED) is 0.308. The van der Waals surface area contributed by atoms with Crippen molar-refractivity contribution < 1.29 is 9.59 Å². The van der Waals surface area contributed by atoms with Gasteiger partial charge in [-0.15, -0.1) is 0 Å². The van der Waals surface area contributed by atoms with Crippen LogP contribution < -0.4 is 26.6 Å². The molecule has 0 spiro atoms. The number of hydrogen-bond donors (Lipinski definition) is 5. The van der Waals surface area contributed by atoms with Gasteiger partial charge in [0.15, 0.2) is 0 Å². The summed E-state index contributed by atoms with van der Waals surface area (Å²) in [6, 6.07) is -0.334. The summed E-state index contributed by atoms with van der Waals surface area (Å²) in [6.45, 7) is 2.49. The molecule has 0 atom stereocenters. The van der Waals surface area contributed by atoms with Crippen LogP contribution in [0.2, 0.25) is 0 Å². The zero-order chi connectivity index (χ0) is 12.2. The Labute approximate surface area is 95.7 Å². The first-order valence-electron chi connectivity index (χ1n) is 5.28. The van der Waals surface area contributed by atoms with Gasteiger partial charge in [-0.3, -0.25) is 4.79 Å². The van der Waals surface area contributed by atoms with Gasteiger partial charge >= 0.3 is 6.03 Å². The van der Waals surface area contributed by atoms with Crippen LogP contribution in [0.4, 0.5) is 4.79 Å². The molecule has 0 aromatic rings. The van der Waals surface area contributed by atoms with Crippen LogP contribution in [0, 0.1) is 0 Å². The SMILES string of the molecule is CNCCNC(=O)CNC(=O)NCCNC. The van der Waals surface area contributed by atoms with Crippen molar-refractivity contribution in [2.45, 2.75) is 0 Å². The Balaban J connectivity index is 3.40. The second-order valence-corrected chi connectivity index (χ2v) is 3.17. The van der Waals surface area contributed by atoms with Crippen molar-refractivity contribution in [2.24, 2.45) is 0 Å². The fourth-order valence-corrected chi connectivity index (χ4v) is 0.914. The van der Waals surface area contributed by atoms with E-state index >= 15 is 0 Å². The minimum Gasteiger partial charge on any atom is -0.353 e. The molecule has 7 nitrogen and oxygen atoms in total. The highest BCUT2D eigenvalue weighted by Crippen LogP contribution is 1.67. The molecule has 0 aromatic heterocycles. The Bertz CT molecular complexity index is 188. The van der Waals surface area contributed by atoms with Crippen molar-refractivity contribution in [3.63, 3.8) is 0 Å². The summed E-state index contributed by atoms with van der Waals surface area (Å²) < 4.78 is 0. The third-order valence-electron chi connectivity index (χ3n) is 1.77. The number of amides is 3. The van der Waals surface area contributed by atoms with E-state index < -0.39 is 0 Å². The first-order chi connectivity index (χ1) is 7.70. The minimum absolute atomic E-state index is 0.00486. The number of likely N-dealkylation sites (N-methyl/N-ethyl adjacent to an activating group) is 2. The second kappa shape index (κ2) is 10.2. The Morgan fingerprint density at radius 3 is 1.94 bits per heavy atom. The highest BCUT2D eigenvalue weighted by molar-refractivity contribution is 5.83. The summed E-state index contributed by atoms with van der Waals surface area (Å²) in [6.07, 6.45) is 0. The van der Waals surface area contributed by atoms with E-state index in [9.17, 15) is 9.59 Å². The van der Waals surface area contributed by atoms with E-state index in [1.807, 2.05) is 0 Å². The van der Waals surface area contributed by atoms with Gasteiger partial charge in [0.2, 0.25) is 5.91 Å². The largest absolute Gasteiger partial charge is 0.353 e. The zero-order valence-corrected chi connectivity index (χ0v) is 9.85. The molecule has 0 aliphatic heterocycles. The van der Waals surface area contributed by atoms with Crippen molar-refractivity contribution in [1.82, 2.24) is 26.6 Å². The predicted molar refractivity (Wildman–Crippen MR) is 62.3 cm³/mol. The van der Waals surface area contributed by atoms with Crippen LogP contribution in [0.15, 0.2) is 0 Å². The molecular weight excluding hydrogens is 210 g/mol. The molecule has 0 saturated carbocycles. The average molecular weight is 231 g/mol. The highest BCUT2D eigenvalue weighted by atomic mass is 16.2. The Morgan fingerprint density at radius 1 is 0.812 bits per heavy atom. The number of nitrogens with one attached hydrogen (secondary N) is 5. The molecule has 7 heteroatoms. The van der Waals surface area contributed by atoms with Crippen LogP contribution in [0.25, 0.3) is 0 Å². The molecule has 0 aliphatic rings. The van der Waals surface area contributed by atoms with Gasteiger partial charge in [0, 0.05) is 26.2 Å². The van der Waals surface area contributed by atoms with Crippen LogP contribution in [-0.2, 0) is 4.79 Å². The van der Waals surface area contributed by atoms with Gasteiger partial charge in [-0.05, 0) is 14.1 Å². The molecule has 0 fully saturated rings. The summed E-state index contributed by atoms with van der Waals surface area (Å²) >= 11 is 0. The van der Waals surface area contributed by atoms with Gasteiger partial charge in [-0.1, -0.05) is 0 Å². The van der Waals surface area contributed by atoms with Crippen molar-refractivity contribution in [3.8, 4) is 0 Å². The molecular formula is C9H21N5O2. The third kappa shape index (κ3) is 9.22. The number of rotatable bonds is 8. The maximum Gasteiger partial charge on any atom is 0.315 e. The van der Waals surface area contributed by atoms with Gasteiger partial charge in [-0.25, -0.2) is 4.79 Å². The number of urea groups is 1. The predicted octanol–water partition coefficient (Wildman–Crippen LogP) is -2.16. The summed E-state index contributed by atoms with van der Waals surface area (Å²) in [5, 5.41) is 13.5. The molecule has 0 rings (SSSR count). The number of carbonyl (C=O) groups is 2. The standard InChI is InChI=1S/C9H21N5O2/c1-10-3-5-12-8(15)7-14-9(16)13-6-4-11-2/h10-11H,3-7H2,1-2H3,(H,12,15)(H2,13,14,16). The van der Waals surface area contributed by atoms with E-state index in [2.05, 4.69) is 26.6 Å². The van der Waals surface area contributed by atoms with Gasteiger partial charge in [-0.2, -0.15) is 0 Å². The maximum absolute atomic E-state index is 11.2. The fraction of sp³-hybridized carbons (Fsp3) is 0.778. The first-order valence-corrected chi connectivity index (χ1v) is 5.28. The Hall–Kier alpha value is -1.34. The lowest BCUT2D eigenvalue weighted by Crippen LogP contribution is -2.44. The van der Waals surface area contributed by atoms with Crippen LogP contribution >= 0.6 is 0 Å². The Kier molecular flexibility index (Phi) is 9.33. The molecule has 5 N–H and O–H groups in total. The maximum atomic E-state index is 11.2. The summed E-state index contributed by atoms with van der Waals surface area (Å²) in [7, 11) is 3.61. The van der Waals surface area contributed by atoms with E-state index in [4.69, 9.17) is 0 Å². The van der Waals surface area contributed by atoms with Gasteiger partial charge < -0.3 is 26.6 Å². The smallest absolute Gasteiger partial charge is 0.315 e. The van der Waals surface area contributed by atoms with Crippen molar-refractivity contribution in [1.29, 1.82) is 0 Å². The molecule has 0 saturated heterocycles. The van der Waals surface area contributed by atoms with Gasteiger partial charge in [0.05, 0.1) is 6.54 Å². The van der Waals surface area contributed by atoms with E-state index in [1.165, 1.54) is 0 Å². The summed E-state index contributed by atoms with van der Waals surface area (Å²) in [4.78, 5) is 22.3. The summed E-state index contributed by atoms with van der Waals surface area (Å²) in [5.41, 5.74) is 0. The van der Waals surface area contributed by atoms with Gasteiger partial charge in [0.25, 0.3) is 0 Å². The first kappa shape index (κ1) is 14.7. The number of carbonyl (C=O) groups excluding carboxylic acids is 2. The molecule has 94 valence electrons. The van der Waals surface area contributed by atoms with Crippen LogP contribution in [0.3, 0.4) is 0 Å². The molecule has 0 aliphatic carbocycles. The normalized spacial score (nSPS) is 9.62. The van der Waals surface area contributed by atoms with Crippen molar-refractivity contribution >= 4 is 11.9 Å². The minimum atomic E-state index is -0.334. The van der Waals surface area contributed by atoms with E-state index in [-0.39, 0.29) is 18.5 Å². The van der Waals surface area contributed by atoms with Crippen LogP contribution in [-0.4, -0.2) is 58.8 Å². The lowest BCUT2D eigenvalue weighted by Gasteiger charge is -2.07. The monoisotopic (exact) mass is 231 g/mol. The van der Waals surface area contributed by atoms with Gasteiger partial charge in [0.1, 0.15) is 0 Å². The van der Waals surface area contributed by atoms with E-state index in [1.54, 1.807) is 14.1 Å². The fourth-order valence-electron chi connectivity index (χ4n) is 0.914. The van der Waals surface area contributed by atoms with Crippen molar-refractivity contribution in [2.75, 3.05) is 46.8 Å². The molecule has 0 radical (unpaired) electrons. The van der Waals surface area contributed by atoms with Crippen molar-refractivity contribution in [3.05, 3.63) is 0 Å². The third-order valence-corrected chi connectivity index (χ3v) is 1.77. The molecule has 16 heavy (non-hydrogen) atoms. The molecule has 0 heterocycles. The molecule has 0 unspecified atom stereocenters. The topological polar surface area (TPSA) is 94.3 Å². The van der Waals surface area contributed by atoms with E-state index in [0.717, 1.165) is 0 Å². The summed E-state index contributed by atoms with van der Waals surface area (Å²) in [5.74, 6) is -0.195. The molecule has 0 aromatic carbocycles. The molecule has 0 bridgehead atoms. The lowest BCUT2D eigenvalue weighted by molar-refractivity contribution is -0.120. The zero-order valence-electron chi connectivity index (χ0n) is 9.85.